The Bertz CT molecular complexity index is 712. The Kier molecular flexibility index (Phi) is 1.83. The lowest BCUT2D eigenvalue weighted by molar-refractivity contribution is 0.509. The van der Waals surface area contributed by atoms with Crippen LogP contribution in [0.5, 0.6) is 0 Å². The normalized spacial score (nSPS) is 19.9. The highest BCUT2D eigenvalue weighted by atomic mass is 32.1. The number of hydrogen-bond donors (Lipinski definition) is 0. The zero-order valence-corrected chi connectivity index (χ0v) is 10.4. The molecule has 3 aromatic heterocycles. The smallest absolute Gasteiger partial charge is 0.172 e. The quantitative estimate of drug-likeness (QED) is 0.610. The van der Waals surface area contributed by atoms with Crippen LogP contribution in [-0.2, 0) is 12.8 Å². The fraction of sp³-hybridized carbons (Fsp3) is 0.417. The van der Waals surface area contributed by atoms with Crippen LogP contribution in [0, 0.1) is 5.92 Å². The van der Waals surface area contributed by atoms with Crippen molar-refractivity contribution in [2.24, 2.45) is 5.92 Å². The van der Waals surface area contributed by atoms with Gasteiger partial charge in [-0.05, 0) is 30.7 Å². The van der Waals surface area contributed by atoms with Gasteiger partial charge in [0.1, 0.15) is 17.5 Å². The van der Waals surface area contributed by atoms with Crippen LogP contribution in [-0.4, -0.2) is 19.6 Å². The molecule has 3 aromatic rings. The third-order valence-corrected chi connectivity index (χ3v) is 4.75. The summed E-state index contributed by atoms with van der Waals surface area (Å²) in [5.41, 5.74) is 2.43. The molecule has 0 radical (unpaired) electrons. The van der Waals surface area contributed by atoms with Gasteiger partial charge in [0, 0.05) is 4.88 Å². The van der Waals surface area contributed by atoms with Crippen LogP contribution >= 0.6 is 11.3 Å². The van der Waals surface area contributed by atoms with Gasteiger partial charge in [-0.2, -0.15) is 0 Å². The minimum absolute atomic E-state index is 0.796. The molecule has 86 valence electrons. The number of fused-ring (bicyclic) bond motifs is 5. The van der Waals surface area contributed by atoms with Crippen LogP contribution in [0.3, 0.4) is 0 Å². The summed E-state index contributed by atoms with van der Waals surface area (Å²) in [7, 11) is 0. The molecule has 0 amide bonds. The number of aromatic nitrogens is 4. The van der Waals surface area contributed by atoms with Gasteiger partial charge in [-0.1, -0.05) is 6.92 Å². The van der Waals surface area contributed by atoms with Gasteiger partial charge in [-0.15, -0.1) is 21.5 Å². The van der Waals surface area contributed by atoms with Gasteiger partial charge in [0.25, 0.3) is 0 Å². The van der Waals surface area contributed by atoms with E-state index >= 15 is 0 Å². The van der Waals surface area contributed by atoms with Crippen LogP contribution in [0.1, 0.15) is 23.8 Å². The minimum atomic E-state index is 0.796. The van der Waals surface area contributed by atoms with E-state index in [1.165, 1.54) is 28.7 Å². The van der Waals surface area contributed by atoms with E-state index < -0.39 is 0 Å². The summed E-state index contributed by atoms with van der Waals surface area (Å²) in [6.45, 7) is 2.33. The molecule has 0 aliphatic heterocycles. The molecule has 0 bridgehead atoms. The van der Waals surface area contributed by atoms with E-state index in [0.29, 0.717) is 0 Å². The Hall–Kier alpha value is -1.49. The first-order valence-electron chi connectivity index (χ1n) is 5.91. The molecular weight excluding hydrogens is 232 g/mol. The lowest BCUT2D eigenvalue weighted by Gasteiger charge is -2.17. The van der Waals surface area contributed by atoms with Crippen molar-refractivity contribution in [3.8, 4) is 0 Å². The second-order valence-electron chi connectivity index (χ2n) is 4.84. The number of hydrogen-bond acceptors (Lipinski definition) is 4. The molecule has 0 N–H and O–H groups in total. The molecule has 0 aromatic carbocycles. The molecule has 4 rings (SSSR count). The van der Waals surface area contributed by atoms with Crippen molar-refractivity contribution in [3.05, 3.63) is 23.1 Å². The molecule has 1 atom stereocenters. The zero-order valence-electron chi connectivity index (χ0n) is 9.55. The van der Waals surface area contributed by atoms with Gasteiger partial charge in [0.05, 0.1) is 5.39 Å². The Balaban J connectivity index is 2.12. The Morgan fingerprint density at radius 1 is 1.41 bits per heavy atom. The molecule has 3 heterocycles. The summed E-state index contributed by atoms with van der Waals surface area (Å²) in [6.07, 6.45) is 7.15. The van der Waals surface area contributed by atoms with E-state index in [1.807, 2.05) is 22.1 Å². The summed E-state index contributed by atoms with van der Waals surface area (Å²) in [5.74, 6) is 0.796. The molecule has 1 aliphatic carbocycles. The van der Waals surface area contributed by atoms with Gasteiger partial charge >= 0.3 is 0 Å². The van der Waals surface area contributed by atoms with E-state index in [0.717, 1.165) is 22.8 Å². The second kappa shape index (κ2) is 3.26. The molecule has 17 heavy (non-hydrogen) atoms. The summed E-state index contributed by atoms with van der Waals surface area (Å²) < 4.78 is 1.91. The van der Waals surface area contributed by atoms with Gasteiger partial charge in [-0.25, -0.2) is 4.98 Å². The maximum absolute atomic E-state index is 4.51. The van der Waals surface area contributed by atoms with Crippen LogP contribution in [0.2, 0.25) is 0 Å². The molecule has 1 aliphatic rings. The number of thiophene rings is 1. The standard InChI is InChI=1S/C12H12N4S/c1-7-2-3-8-9(4-7)17-12-10(8)11-15-14-6-16(11)5-13-12/h5-7H,2-4H2,1H3/t7-/m0/s1. The van der Waals surface area contributed by atoms with Crippen LogP contribution in [0.4, 0.5) is 0 Å². The molecule has 0 saturated heterocycles. The predicted octanol–water partition coefficient (Wildman–Crippen LogP) is 2.46. The van der Waals surface area contributed by atoms with Crippen molar-refractivity contribution in [3.63, 3.8) is 0 Å². The third kappa shape index (κ3) is 1.26. The summed E-state index contributed by atoms with van der Waals surface area (Å²) in [5, 5.41) is 9.43. The number of rotatable bonds is 0. The first-order chi connectivity index (χ1) is 8.33. The van der Waals surface area contributed by atoms with Crippen LogP contribution in [0.15, 0.2) is 12.7 Å². The Morgan fingerprint density at radius 2 is 2.35 bits per heavy atom. The monoisotopic (exact) mass is 244 g/mol. The van der Waals surface area contributed by atoms with E-state index in [4.69, 9.17) is 0 Å². The zero-order chi connectivity index (χ0) is 11.4. The van der Waals surface area contributed by atoms with Crippen molar-refractivity contribution >= 4 is 27.2 Å². The molecule has 0 spiro atoms. The maximum Gasteiger partial charge on any atom is 0.172 e. The van der Waals surface area contributed by atoms with Crippen molar-refractivity contribution in [1.82, 2.24) is 19.6 Å². The van der Waals surface area contributed by atoms with E-state index in [-0.39, 0.29) is 0 Å². The van der Waals surface area contributed by atoms with Crippen molar-refractivity contribution in [1.29, 1.82) is 0 Å². The molecular formula is C12H12N4S. The first kappa shape index (κ1) is 9.53. The molecule has 4 nitrogen and oxygen atoms in total. The SMILES string of the molecule is C[C@H]1CCc2c(sc3ncn4cnnc4c23)C1. The van der Waals surface area contributed by atoms with E-state index in [2.05, 4.69) is 22.1 Å². The topological polar surface area (TPSA) is 43.1 Å². The van der Waals surface area contributed by atoms with Crippen molar-refractivity contribution in [2.75, 3.05) is 0 Å². The predicted molar refractivity (Wildman–Crippen MR) is 67.4 cm³/mol. The lowest BCUT2D eigenvalue weighted by Crippen LogP contribution is -2.08. The van der Waals surface area contributed by atoms with Crippen molar-refractivity contribution in [2.45, 2.75) is 26.2 Å². The fourth-order valence-corrected chi connectivity index (χ4v) is 4.02. The average molecular weight is 244 g/mol. The number of nitrogens with zero attached hydrogens (tertiary/aromatic N) is 4. The van der Waals surface area contributed by atoms with E-state index in [9.17, 15) is 0 Å². The highest BCUT2D eigenvalue weighted by Gasteiger charge is 2.22. The molecule has 0 saturated carbocycles. The summed E-state index contributed by atoms with van der Waals surface area (Å²) in [4.78, 5) is 7.13. The molecule has 0 fully saturated rings. The number of aryl methyl sites for hydroxylation is 1. The van der Waals surface area contributed by atoms with E-state index in [1.54, 1.807) is 6.33 Å². The summed E-state index contributed by atoms with van der Waals surface area (Å²) in [6, 6.07) is 0. The third-order valence-electron chi connectivity index (χ3n) is 3.59. The Labute approximate surface area is 102 Å². The molecule has 0 unspecified atom stereocenters. The van der Waals surface area contributed by atoms with Crippen molar-refractivity contribution < 1.29 is 0 Å². The summed E-state index contributed by atoms with van der Waals surface area (Å²) >= 11 is 1.83. The largest absolute Gasteiger partial charge is 0.271 e. The van der Waals surface area contributed by atoms with Gasteiger partial charge < -0.3 is 0 Å². The fourth-order valence-electron chi connectivity index (χ4n) is 2.68. The Morgan fingerprint density at radius 3 is 3.29 bits per heavy atom. The van der Waals surface area contributed by atoms with Gasteiger partial charge in [0.15, 0.2) is 5.65 Å². The van der Waals surface area contributed by atoms with Gasteiger partial charge in [0.2, 0.25) is 0 Å². The maximum atomic E-state index is 4.51. The minimum Gasteiger partial charge on any atom is -0.271 e. The molecule has 5 heteroatoms. The lowest BCUT2D eigenvalue weighted by atomic mass is 9.89. The van der Waals surface area contributed by atoms with Crippen LogP contribution in [0.25, 0.3) is 15.9 Å². The van der Waals surface area contributed by atoms with Crippen LogP contribution < -0.4 is 0 Å². The highest BCUT2D eigenvalue weighted by molar-refractivity contribution is 7.19. The highest BCUT2D eigenvalue weighted by Crippen LogP contribution is 2.38. The van der Waals surface area contributed by atoms with Gasteiger partial charge in [-0.3, -0.25) is 4.40 Å². The average Bonchev–Trinajstić information content (AvgIpc) is 2.89. The second-order valence-corrected chi connectivity index (χ2v) is 5.92. The first-order valence-corrected chi connectivity index (χ1v) is 6.73.